The zero-order valence-electron chi connectivity index (χ0n) is 21.6. The molecule has 3 rings (SSSR count). The van der Waals surface area contributed by atoms with E-state index < -0.39 is 11.9 Å². The Hall–Kier alpha value is -4.18. The number of carbonyl (C=O) groups is 3. The van der Waals surface area contributed by atoms with Gasteiger partial charge in [-0.25, -0.2) is 4.85 Å². The van der Waals surface area contributed by atoms with Crippen molar-refractivity contribution in [3.8, 4) is 0 Å². The maximum Gasteiger partial charge on any atom is 0.306 e. The molecule has 2 amide bonds. The first-order valence-electron chi connectivity index (χ1n) is 12.6. The van der Waals surface area contributed by atoms with Crippen LogP contribution < -0.4 is 5.32 Å². The highest BCUT2D eigenvalue weighted by Crippen LogP contribution is 2.29. The predicted octanol–water partition coefficient (Wildman–Crippen LogP) is 5.87. The number of benzene rings is 3. The van der Waals surface area contributed by atoms with Gasteiger partial charge in [0.15, 0.2) is 12.3 Å². The number of anilines is 1. The highest BCUT2D eigenvalue weighted by atomic mass is 16.5. The van der Waals surface area contributed by atoms with E-state index in [1.54, 1.807) is 23.1 Å². The number of hydrogen-bond acceptors (Lipinski definition) is 4. The molecule has 0 spiro atoms. The lowest BCUT2D eigenvalue weighted by Crippen LogP contribution is -2.34. The minimum absolute atomic E-state index is 0.149. The number of nitrogens with zero attached hydrogens (tertiary/aromatic N) is 2. The van der Waals surface area contributed by atoms with Crippen molar-refractivity contribution in [3.05, 3.63) is 83.2 Å². The predicted molar refractivity (Wildman–Crippen MR) is 146 cm³/mol. The number of carbonyl (C=O) groups excluding carboxylic acids is 3. The van der Waals surface area contributed by atoms with Crippen molar-refractivity contribution in [3.63, 3.8) is 0 Å². The van der Waals surface area contributed by atoms with Crippen molar-refractivity contribution in [1.29, 1.82) is 0 Å². The van der Waals surface area contributed by atoms with Crippen LogP contribution in [0.3, 0.4) is 0 Å². The Kier molecular flexibility index (Phi) is 9.79. The van der Waals surface area contributed by atoms with E-state index in [2.05, 4.69) is 10.2 Å². The van der Waals surface area contributed by atoms with Crippen LogP contribution in [0.1, 0.15) is 50.7 Å². The molecule has 1 unspecified atom stereocenters. The van der Waals surface area contributed by atoms with Crippen molar-refractivity contribution >= 4 is 39.9 Å². The first kappa shape index (κ1) is 27.4. The Balaban J connectivity index is 1.65. The van der Waals surface area contributed by atoms with Crippen LogP contribution >= 0.6 is 0 Å². The number of aryl methyl sites for hydroxylation is 1. The third-order valence-corrected chi connectivity index (χ3v) is 6.46. The van der Waals surface area contributed by atoms with Gasteiger partial charge in [0.25, 0.3) is 5.91 Å². The quantitative estimate of drug-likeness (QED) is 0.264. The molecule has 0 saturated heterocycles. The SMILES string of the molecule is [C-]#[N+]c1ccc(CCCC(=O)OCC(=O)N(CC)CC)c(NC(=O)C(C)c2cccc3ccccc23)c1. The molecule has 3 aromatic carbocycles. The summed E-state index contributed by atoms with van der Waals surface area (Å²) < 4.78 is 5.13. The van der Waals surface area contributed by atoms with Crippen LogP contribution in [0.5, 0.6) is 0 Å². The van der Waals surface area contributed by atoms with E-state index in [9.17, 15) is 14.4 Å². The van der Waals surface area contributed by atoms with Gasteiger partial charge in [-0.1, -0.05) is 54.6 Å². The summed E-state index contributed by atoms with van der Waals surface area (Å²) in [6, 6.07) is 19.0. The molecule has 0 aliphatic heterocycles. The van der Waals surface area contributed by atoms with E-state index in [-0.39, 0.29) is 24.8 Å². The Morgan fingerprint density at radius 2 is 1.76 bits per heavy atom. The Morgan fingerprint density at radius 3 is 2.49 bits per heavy atom. The normalized spacial score (nSPS) is 11.4. The largest absolute Gasteiger partial charge is 0.456 e. The Labute approximate surface area is 218 Å². The Morgan fingerprint density at radius 1 is 1.03 bits per heavy atom. The summed E-state index contributed by atoms with van der Waals surface area (Å²) in [5.41, 5.74) is 2.75. The van der Waals surface area contributed by atoms with Crippen LogP contribution in [0.25, 0.3) is 15.6 Å². The van der Waals surface area contributed by atoms with Crippen molar-refractivity contribution in [2.45, 2.75) is 46.0 Å². The molecule has 1 atom stereocenters. The first-order valence-corrected chi connectivity index (χ1v) is 12.6. The zero-order chi connectivity index (χ0) is 26.8. The van der Waals surface area contributed by atoms with Crippen molar-refractivity contribution < 1.29 is 19.1 Å². The van der Waals surface area contributed by atoms with Gasteiger partial charge in [0.05, 0.1) is 12.5 Å². The zero-order valence-corrected chi connectivity index (χ0v) is 21.6. The standard InChI is InChI=1S/C30H33N3O4/c1-5-33(6-2)28(34)20-37-29(35)16-10-13-23-17-18-24(31-4)19-27(23)32-30(36)21(3)25-15-9-12-22-11-7-8-14-26(22)25/h7-9,11-12,14-15,17-19,21H,5-6,10,13,16,20H2,1-3H3,(H,32,36). The number of fused-ring (bicyclic) bond motifs is 1. The molecular formula is C30H33N3O4. The van der Waals surface area contributed by atoms with Crippen LogP contribution in [0.15, 0.2) is 60.7 Å². The summed E-state index contributed by atoms with van der Waals surface area (Å²) in [6.45, 7) is 13.9. The molecule has 7 nitrogen and oxygen atoms in total. The van der Waals surface area contributed by atoms with E-state index in [4.69, 9.17) is 11.3 Å². The number of nitrogens with one attached hydrogen (secondary N) is 1. The summed E-state index contributed by atoms with van der Waals surface area (Å²) in [5, 5.41) is 5.10. The smallest absolute Gasteiger partial charge is 0.306 e. The third kappa shape index (κ3) is 7.17. The van der Waals surface area contributed by atoms with Crippen molar-refractivity contribution in [1.82, 2.24) is 4.90 Å². The maximum absolute atomic E-state index is 13.2. The fraction of sp³-hybridized carbons (Fsp3) is 0.333. The van der Waals surface area contributed by atoms with E-state index in [1.807, 2.05) is 63.2 Å². The van der Waals surface area contributed by atoms with Crippen molar-refractivity contribution in [2.75, 3.05) is 25.0 Å². The topological polar surface area (TPSA) is 80.1 Å². The number of hydrogen-bond donors (Lipinski definition) is 1. The summed E-state index contributed by atoms with van der Waals surface area (Å²) >= 11 is 0. The van der Waals surface area contributed by atoms with E-state index in [0.29, 0.717) is 37.3 Å². The number of esters is 1. The van der Waals surface area contributed by atoms with Gasteiger partial charge in [-0.15, -0.1) is 0 Å². The van der Waals surface area contributed by atoms with Gasteiger partial charge >= 0.3 is 5.97 Å². The second-order valence-corrected chi connectivity index (χ2v) is 8.81. The lowest BCUT2D eigenvalue weighted by Gasteiger charge is -2.18. The molecular weight excluding hydrogens is 466 g/mol. The van der Waals surface area contributed by atoms with Crippen LogP contribution in [0.4, 0.5) is 11.4 Å². The van der Waals surface area contributed by atoms with Crippen LogP contribution in [0, 0.1) is 6.57 Å². The monoisotopic (exact) mass is 499 g/mol. The van der Waals surface area contributed by atoms with Crippen LogP contribution in [-0.4, -0.2) is 42.4 Å². The lowest BCUT2D eigenvalue weighted by atomic mass is 9.94. The molecule has 0 aliphatic rings. The summed E-state index contributed by atoms with van der Waals surface area (Å²) in [6.07, 6.45) is 1.14. The molecule has 192 valence electrons. The molecule has 0 radical (unpaired) electrons. The Bertz CT molecular complexity index is 1300. The number of amides is 2. The summed E-state index contributed by atoms with van der Waals surface area (Å²) in [4.78, 5) is 42.5. The van der Waals surface area contributed by atoms with Gasteiger partial charge in [0.2, 0.25) is 5.91 Å². The lowest BCUT2D eigenvalue weighted by molar-refractivity contribution is -0.152. The minimum Gasteiger partial charge on any atom is -0.456 e. The van der Waals surface area contributed by atoms with Gasteiger partial charge in [-0.3, -0.25) is 14.4 Å². The highest BCUT2D eigenvalue weighted by molar-refractivity contribution is 6.00. The molecule has 7 heteroatoms. The third-order valence-electron chi connectivity index (χ3n) is 6.46. The van der Waals surface area contributed by atoms with Gasteiger partial charge < -0.3 is 15.0 Å². The van der Waals surface area contributed by atoms with Gasteiger partial charge in [-0.05, 0) is 61.6 Å². The molecule has 0 heterocycles. The fourth-order valence-corrected chi connectivity index (χ4v) is 4.28. The van der Waals surface area contributed by atoms with E-state index >= 15 is 0 Å². The number of ether oxygens (including phenoxy) is 1. The average molecular weight is 500 g/mol. The second-order valence-electron chi connectivity index (χ2n) is 8.81. The number of likely N-dealkylation sites (N-methyl/N-ethyl adjacent to an activating group) is 1. The first-order chi connectivity index (χ1) is 17.9. The summed E-state index contributed by atoms with van der Waals surface area (Å²) in [5.74, 6) is -1.23. The van der Waals surface area contributed by atoms with Gasteiger partial charge in [0, 0.05) is 25.2 Å². The minimum atomic E-state index is -0.437. The molecule has 3 aromatic rings. The van der Waals surface area contributed by atoms with E-state index in [0.717, 1.165) is 21.9 Å². The fourth-order valence-electron chi connectivity index (χ4n) is 4.28. The average Bonchev–Trinajstić information content (AvgIpc) is 2.92. The molecule has 37 heavy (non-hydrogen) atoms. The van der Waals surface area contributed by atoms with Gasteiger partial charge in [-0.2, -0.15) is 0 Å². The van der Waals surface area contributed by atoms with Crippen LogP contribution in [-0.2, 0) is 25.5 Å². The molecule has 1 N–H and O–H groups in total. The summed E-state index contributed by atoms with van der Waals surface area (Å²) in [7, 11) is 0. The van der Waals surface area contributed by atoms with E-state index in [1.165, 1.54) is 0 Å². The second kappa shape index (κ2) is 13.2. The number of rotatable bonds is 11. The molecule has 0 aromatic heterocycles. The van der Waals surface area contributed by atoms with Crippen LogP contribution in [0.2, 0.25) is 0 Å². The van der Waals surface area contributed by atoms with Gasteiger partial charge in [0.1, 0.15) is 0 Å². The van der Waals surface area contributed by atoms with Crippen molar-refractivity contribution in [2.24, 2.45) is 0 Å². The molecule has 0 aliphatic carbocycles. The molecule has 0 saturated carbocycles. The highest BCUT2D eigenvalue weighted by Gasteiger charge is 2.19. The maximum atomic E-state index is 13.2. The molecule has 0 bridgehead atoms. The molecule has 0 fully saturated rings.